The Hall–Kier alpha value is -1.26. The molecule has 0 saturated heterocycles. The number of hydrogen-bond donors (Lipinski definition) is 1. The Bertz CT molecular complexity index is 444. The summed E-state index contributed by atoms with van der Waals surface area (Å²) in [6.45, 7) is 0. The first-order chi connectivity index (χ1) is 7.97. The monoisotopic (exact) mass is 245 g/mol. The standard InChI is InChI=1S/C12H14F3NO/c13-12(14,15)9-6-10(16-11(17)7-9)8-4-2-1-3-5-8/h6-8H,1-5H2,(H,16,17). The average Bonchev–Trinajstić information content (AvgIpc) is 2.28. The zero-order valence-electron chi connectivity index (χ0n) is 9.31. The first kappa shape index (κ1) is 12.2. The van der Waals surface area contributed by atoms with Crippen LogP contribution in [-0.4, -0.2) is 4.98 Å². The number of rotatable bonds is 1. The number of nitrogens with one attached hydrogen (secondary N) is 1. The van der Waals surface area contributed by atoms with Crippen molar-refractivity contribution in [2.24, 2.45) is 0 Å². The Morgan fingerprint density at radius 3 is 2.35 bits per heavy atom. The van der Waals surface area contributed by atoms with Gasteiger partial charge in [0, 0.05) is 11.8 Å². The fraction of sp³-hybridized carbons (Fsp3) is 0.583. The second-order valence-corrected chi connectivity index (χ2v) is 4.52. The summed E-state index contributed by atoms with van der Waals surface area (Å²) in [5.41, 5.74) is -1.08. The lowest BCUT2D eigenvalue weighted by Gasteiger charge is -2.22. The molecule has 0 amide bonds. The summed E-state index contributed by atoms with van der Waals surface area (Å²) in [6.07, 6.45) is 0.428. The third-order valence-corrected chi connectivity index (χ3v) is 3.24. The number of alkyl halides is 3. The summed E-state index contributed by atoms with van der Waals surface area (Å²) in [4.78, 5) is 13.8. The smallest absolute Gasteiger partial charge is 0.326 e. The van der Waals surface area contributed by atoms with Crippen LogP contribution in [0.2, 0.25) is 0 Å². The van der Waals surface area contributed by atoms with Gasteiger partial charge in [-0.1, -0.05) is 19.3 Å². The predicted molar refractivity (Wildman–Crippen MR) is 57.9 cm³/mol. The molecular weight excluding hydrogens is 231 g/mol. The van der Waals surface area contributed by atoms with E-state index >= 15 is 0 Å². The van der Waals surface area contributed by atoms with Crippen LogP contribution in [0.3, 0.4) is 0 Å². The van der Waals surface area contributed by atoms with Crippen molar-refractivity contribution in [2.75, 3.05) is 0 Å². The van der Waals surface area contributed by atoms with Gasteiger partial charge in [0.1, 0.15) is 0 Å². The number of H-pyrrole nitrogens is 1. The second kappa shape index (κ2) is 4.55. The van der Waals surface area contributed by atoms with Crippen LogP contribution in [0, 0.1) is 0 Å². The van der Waals surface area contributed by atoms with Gasteiger partial charge >= 0.3 is 6.18 Å². The van der Waals surface area contributed by atoms with Crippen molar-refractivity contribution in [1.82, 2.24) is 4.98 Å². The van der Waals surface area contributed by atoms with Crippen molar-refractivity contribution in [2.45, 2.75) is 44.2 Å². The summed E-state index contributed by atoms with van der Waals surface area (Å²) < 4.78 is 37.7. The lowest BCUT2D eigenvalue weighted by atomic mass is 9.86. The maximum absolute atomic E-state index is 12.6. The van der Waals surface area contributed by atoms with Crippen LogP contribution in [0.15, 0.2) is 16.9 Å². The van der Waals surface area contributed by atoms with E-state index in [1.54, 1.807) is 0 Å². The van der Waals surface area contributed by atoms with E-state index in [9.17, 15) is 18.0 Å². The molecular formula is C12H14F3NO. The SMILES string of the molecule is O=c1cc(C(F)(F)F)cc(C2CCCCC2)[nH]1. The van der Waals surface area contributed by atoms with Crippen molar-refractivity contribution >= 4 is 0 Å². The van der Waals surface area contributed by atoms with Crippen LogP contribution in [0.5, 0.6) is 0 Å². The van der Waals surface area contributed by atoms with Gasteiger partial charge in [-0.2, -0.15) is 13.2 Å². The zero-order valence-corrected chi connectivity index (χ0v) is 9.31. The summed E-state index contributed by atoms with van der Waals surface area (Å²) in [5.74, 6) is 0.0683. The van der Waals surface area contributed by atoms with Crippen molar-refractivity contribution in [3.05, 3.63) is 33.7 Å². The molecule has 94 valence electrons. The molecule has 1 aliphatic rings. The van der Waals surface area contributed by atoms with E-state index in [2.05, 4.69) is 4.98 Å². The summed E-state index contributed by atoms with van der Waals surface area (Å²) in [7, 11) is 0. The van der Waals surface area contributed by atoms with Crippen LogP contribution in [-0.2, 0) is 6.18 Å². The second-order valence-electron chi connectivity index (χ2n) is 4.52. The highest BCUT2D eigenvalue weighted by molar-refractivity contribution is 5.22. The van der Waals surface area contributed by atoms with Gasteiger partial charge in [0.25, 0.3) is 0 Å². The van der Waals surface area contributed by atoms with Crippen molar-refractivity contribution in [1.29, 1.82) is 0 Å². The minimum atomic E-state index is -4.45. The molecule has 2 rings (SSSR count). The van der Waals surface area contributed by atoms with Crippen LogP contribution >= 0.6 is 0 Å². The normalized spacial score (nSPS) is 18.3. The van der Waals surface area contributed by atoms with Crippen molar-refractivity contribution in [3.63, 3.8) is 0 Å². The van der Waals surface area contributed by atoms with Crippen LogP contribution in [0.25, 0.3) is 0 Å². The fourth-order valence-corrected chi connectivity index (χ4v) is 2.36. The van der Waals surface area contributed by atoms with Crippen LogP contribution < -0.4 is 5.56 Å². The zero-order chi connectivity index (χ0) is 12.5. The first-order valence-electron chi connectivity index (χ1n) is 5.78. The fourth-order valence-electron chi connectivity index (χ4n) is 2.36. The molecule has 2 nitrogen and oxygen atoms in total. The maximum Gasteiger partial charge on any atom is 0.416 e. The molecule has 0 aliphatic heterocycles. The van der Waals surface area contributed by atoms with Crippen LogP contribution in [0.4, 0.5) is 13.2 Å². The molecule has 0 atom stereocenters. The molecule has 1 saturated carbocycles. The van der Waals surface area contributed by atoms with E-state index in [1.807, 2.05) is 0 Å². The van der Waals surface area contributed by atoms with Gasteiger partial charge in [0.15, 0.2) is 0 Å². The third-order valence-electron chi connectivity index (χ3n) is 3.24. The largest absolute Gasteiger partial charge is 0.416 e. The summed E-state index contributed by atoms with van der Waals surface area (Å²) in [6, 6.07) is 1.70. The molecule has 0 bridgehead atoms. The maximum atomic E-state index is 12.6. The van der Waals surface area contributed by atoms with Gasteiger partial charge in [0.05, 0.1) is 5.56 Å². The molecule has 0 unspecified atom stereocenters. The molecule has 0 radical (unpaired) electrons. The summed E-state index contributed by atoms with van der Waals surface area (Å²) >= 11 is 0. The molecule has 0 spiro atoms. The minimum absolute atomic E-state index is 0.0683. The van der Waals surface area contributed by atoms with Gasteiger partial charge in [-0.05, 0) is 24.8 Å². The molecule has 1 aliphatic carbocycles. The van der Waals surface area contributed by atoms with E-state index in [4.69, 9.17) is 0 Å². The van der Waals surface area contributed by atoms with Gasteiger partial charge in [0.2, 0.25) is 5.56 Å². The van der Waals surface area contributed by atoms with Crippen LogP contribution in [0.1, 0.15) is 49.3 Å². The lowest BCUT2D eigenvalue weighted by molar-refractivity contribution is -0.137. The number of aromatic amines is 1. The number of pyridine rings is 1. The topological polar surface area (TPSA) is 32.9 Å². The quantitative estimate of drug-likeness (QED) is 0.807. The first-order valence-corrected chi connectivity index (χ1v) is 5.78. The Labute approximate surface area is 96.9 Å². The molecule has 0 aromatic carbocycles. The van der Waals surface area contributed by atoms with E-state index in [-0.39, 0.29) is 5.92 Å². The van der Waals surface area contributed by atoms with E-state index in [1.165, 1.54) is 0 Å². The van der Waals surface area contributed by atoms with Gasteiger partial charge < -0.3 is 4.98 Å². The predicted octanol–water partition coefficient (Wildman–Crippen LogP) is 3.44. The number of hydrogen-bond acceptors (Lipinski definition) is 1. The minimum Gasteiger partial charge on any atom is -0.326 e. The molecule has 1 fully saturated rings. The van der Waals surface area contributed by atoms with Gasteiger partial charge in [-0.25, -0.2) is 0 Å². The summed E-state index contributed by atoms with van der Waals surface area (Å²) in [5, 5.41) is 0. The van der Waals surface area contributed by atoms with Gasteiger partial charge in [-0.3, -0.25) is 4.79 Å². The highest BCUT2D eigenvalue weighted by Crippen LogP contribution is 2.34. The van der Waals surface area contributed by atoms with E-state index in [0.29, 0.717) is 11.8 Å². The third kappa shape index (κ3) is 2.90. The van der Waals surface area contributed by atoms with Crippen molar-refractivity contribution < 1.29 is 13.2 Å². The number of halogens is 3. The molecule has 1 aromatic rings. The van der Waals surface area contributed by atoms with E-state index in [0.717, 1.165) is 38.2 Å². The Kier molecular flexibility index (Phi) is 3.26. The average molecular weight is 245 g/mol. The highest BCUT2D eigenvalue weighted by Gasteiger charge is 2.32. The Morgan fingerprint density at radius 2 is 1.76 bits per heavy atom. The molecule has 1 heterocycles. The van der Waals surface area contributed by atoms with Crippen molar-refractivity contribution in [3.8, 4) is 0 Å². The molecule has 1 N–H and O–H groups in total. The van der Waals surface area contributed by atoms with E-state index < -0.39 is 17.3 Å². The molecule has 5 heteroatoms. The highest BCUT2D eigenvalue weighted by atomic mass is 19.4. The number of aromatic nitrogens is 1. The van der Waals surface area contributed by atoms with Gasteiger partial charge in [-0.15, -0.1) is 0 Å². The lowest BCUT2D eigenvalue weighted by Crippen LogP contribution is -2.18. The molecule has 17 heavy (non-hydrogen) atoms. The Balaban J connectivity index is 2.34. The Morgan fingerprint density at radius 1 is 1.12 bits per heavy atom. The molecule has 1 aromatic heterocycles.